The number of rotatable bonds is 11. The van der Waals surface area contributed by atoms with E-state index in [4.69, 9.17) is 16.6 Å². The molecule has 3 amide bonds. The van der Waals surface area contributed by atoms with Crippen molar-refractivity contribution >= 4 is 52.3 Å². The van der Waals surface area contributed by atoms with Crippen LogP contribution in [0.4, 0.5) is 15.1 Å². The molecule has 4 N–H and O–H groups in total. The summed E-state index contributed by atoms with van der Waals surface area (Å²) in [5.41, 5.74) is 8.42. The molecule has 3 atom stereocenters. The van der Waals surface area contributed by atoms with Gasteiger partial charge in [-0.2, -0.15) is 11.8 Å². The van der Waals surface area contributed by atoms with Crippen LogP contribution in [-0.2, 0) is 17.9 Å². The van der Waals surface area contributed by atoms with Crippen LogP contribution in [-0.4, -0.2) is 70.8 Å². The first-order valence-electron chi connectivity index (χ1n) is 17.2. The minimum Gasteiger partial charge on any atom is -0.352 e. The Kier molecular flexibility index (Phi) is 10.0. The van der Waals surface area contributed by atoms with Crippen molar-refractivity contribution in [1.82, 2.24) is 30.8 Å². The molecule has 0 bridgehead atoms. The van der Waals surface area contributed by atoms with E-state index in [-0.39, 0.29) is 29.0 Å². The number of halogens is 2. The van der Waals surface area contributed by atoms with Gasteiger partial charge < -0.3 is 30.7 Å². The number of aryl methyl sites for hydroxylation is 1. The Labute approximate surface area is 295 Å². The van der Waals surface area contributed by atoms with E-state index in [0.717, 1.165) is 90.4 Å². The standard InChI is InChI=1S/C37H43ClFN7O2S/c1-22-17-30-35(44-37(45-15-13-40-14-16-45)46(30)20-25-9-12-28(39)27(38)18-25)33(23(22)2)26-10-7-24(8-11-26)19-41-32(47)6-4-3-5-31-34-29(21-49-31)42-36(48)43-34/h7-12,17-18,29,31,34,40H,3-6,13-16,19-21H2,1-2H3,(H,41,47)(H2,42,43,48)/t29-,31-,34-/m0/s1. The molecule has 4 heterocycles. The molecule has 3 fully saturated rings. The summed E-state index contributed by atoms with van der Waals surface area (Å²) in [5.74, 6) is 1.49. The van der Waals surface area contributed by atoms with Gasteiger partial charge in [0, 0.05) is 55.7 Å². The number of nitrogens with zero attached hydrogens (tertiary/aromatic N) is 3. The van der Waals surface area contributed by atoms with E-state index in [9.17, 15) is 14.0 Å². The number of urea groups is 1. The van der Waals surface area contributed by atoms with E-state index in [1.54, 1.807) is 12.1 Å². The lowest BCUT2D eigenvalue weighted by molar-refractivity contribution is -0.121. The number of carbonyl (C=O) groups excluding carboxylic acids is 2. The van der Waals surface area contributed by atoms with Crippen LogP contribution in [0.25, 0.3) is 22.2 Å². The number of hydrogen-bond donors (Lipinski definition) is 4. The summed E-state index contributed by atoms with van der Waals surface area (Å²) in [6.45, 7) is 8.73. The van der Waals surface area contributed by atoms with Gasteiger partial charge in [-0.25, -0.2) is 14.2 Å². The highest BCUT2D eigenvalue weighted by Crippen LogP contribution is 2.37. The lowest BCUT2D eigenvalue weighted by atomic mass is 9.94. The van der Waals surface area contributed by atoms with Gasteiger partial charge in [-0.05, 0) is 72.7 Å². The smallest absolute Gasteiger partial charge is 0.315 e. The molecule has 258 valence electrons. The molecule has 3 aliphatic heterocycles. The predicted octanol–water partition coefficient (Wildman–Crippen LogP) is 5.91. The maximum Gasteiger partial charge on any atom is 0.315 e. The highest BCUT2D eigenvalue weighted by molar-refractivity contribution is 8.00. The Morgan fingerprint density at radius 1 is 1.06 bits per heavy atom. The largest absolute Gasteiger partial charge is 0.352 e. The number of benzene rings is 3. The van der Waals surface area contributed by atoms with Gasteiger partial charge in [0.2, 0.25) is 11.9 Å². The lowest BCUT2D eigenvalue weighted by Gasteiger charge is -2.29. The van der Waals surface area contributed by atoms with E-state index in [1.165, 1.54) is 17.2 Å². The first-order valence-corrected chi connectivity index (χ1v) is 18.6. The fraction of sp³-hybridized carbons (Fsp3) is 0.432. The molecule has 3 saturated heterocycles. The topological polar surface area (TPSA) is 103 Å². The van der Waals surface area contributed by atoms with Crippen LogP contribution < -0.4 is 26.2 Å². The van der Waals surface area contributed by atoms with Crippen LogP contribution in [0.2, 0.25) is 5.02 Å². The Balaban J connectivity index is 1.04. The van der Waals surface area contributed by atoms with Gasteiger partial charge >= 0.3 is 6.03 Å². The second-order valence-electron chi connectivity index (χ2n) is 13.4. The summed E-state index contributed by atoms with van der Waals surface area (Å²) in [5, 5.41) is 13.1. The molecule has 9 nitrogen and oxygen atoms in total. The molecule has 0 spiro atoms. The number of nitrogens with one attached hydrogen (secondary N) is 4. The van der Waals surface area contributed by atoms with Crippen LogP contribution >= 0.6 is 23.4 Å². The maximum absolute atomic E-state index is 14.0. The molecule has 0 unspecified atom stereocenters. The fourth-order valence-corrected chi connectivity index (χ4v) is 9.01. The van der Waals surface area contributed by atoms with Crippen molar-refractivity contribution in [1.29, 1.82) is 0 Å². The van der Waals surface area contributed by atoms with Crippen LogP contribution in [0.5, 0.6) is 0 Å². The number of fused-ring (bicyclic) bond motifs is 2. The second kappa shape index (κ2) is 14.6. The zero-order valence-electron chi connectivity index (χ0n) is 28.0. The van der Waals surface area contributed by atoms with Crippen molar-refractivity contribution in [3.05, 3.63) is 81.6 Å². The van der Waals surface area contributed by atoms with Gasteiger partial charge in [0.05, 0.1) is 34.7 Å². The number of thioether (sulfide) groups is 1. The van der Waals surface area contributed by atoms with Crippen molar-refractivity contribution in [3.63, 3.8) is 0 Å². The Morgan fingerprint density at radius 2 is 1.84 bits per heavy atom. The Hall–Kier alpha value is -3.80. The molecular weight excluding hydrogens is 661 g/mol. The molecule has 3 aliphatic rings. The minimum atomic E-state index is -0.424. The van der Waals surface area contributed by atoms with Crippen molar-refractivity contribution in [2.24, 2.45) is 0 Å². The fourth-order valence-electron chi connectivity index (χ4n) is 7.26. The third kappa shape index (κ3) is 7.25. The highest BCUT2D eigenvalue weighted by atomic mass is 35.5. The second-order valence-corrected chi connectivity index (χ2v) is 15.1. The van der Waals surface area contributed by atoms with E-state index in [1.807, 2.05) is 11.8 Å². The van der Waals surface area contributed by atoms with Crippen LogP contribution in [0.1, 0.15) is 47.9 Å². The van der Waals surface area contributed by atoms with E-state index in [0.29, 0.717) is 24.8 Å². The summed E-state index contributed by atoms with van der Waals surface area (Å²) >= 11 is 8.09. The van der Waals surface area contributed by atoms with Crippen LogP contribution in [0, 0.1) is 19.7 Å². The summed E-state index contributed by atoms with van der Waals surface area (Å²) in [6, 6.07) is 15.9. The minimum absolute atomic E-state index is 0.0570. The predicted molar refractivity (Wildman–Crippen MR) is 196 cm³/mol. The van der Waals surface area contributed by atoms with Gasteiger partial charge in [-0.1, -0.05) is 48.4 Å². The molecule has 0 aliphatic carbocycles. The van der Waals surface area contributed by atoms with E-state index >= 15 is 0 Å². The lowest BCUT2D eigenvalue weighted by Crippen LogP contribution is -2.44. The average Bonchev–Trinajstić information content (AvgIpc) is 3.77. The van der Waals surface area contributed by atoms with E-state index < -0.39 is 5.82 Å². The summed E-state index contributed by atoms with van der Waals surface area (Å²) in [6.07, 6.45) is 3.30. The highest BCUT2D eigenvalue weighted by Gasteiger charge is 2.42. The Bertz CT molecular complexity index is 1860. The first kappa shape index (κ1) is 33.7. The molecule has 1 aromatic heterocycles. The zero-order chi connectivity index (χ0) is 34.1. The number of piperazine rings is 1. The van der Waals surface area contributed by atoms with Gasteiger partial charge in [-0.15, -0.1) is 0 Å². The van der Waals surface area contributed by atoms with Crippen LogP contribution in [0.3, 0.4) is 0 Å². The molecule has 12 heteroatoms. The molecule has 7 rings (SSSR count). The van der Waals surface area contributed by atoms with E-state index in [2.05, 4.69) is 74.9 Å². The number of unbranched alkanes of at least 4 members (excludes halogenated alkanes) is 1. The number of hydrogen-bond acceptors (Lipinski definition) is 6. The number of amides is 3. The monoisotopic (exact) mass is 703 g/mol. The molecule has 49 heavy (non-hydrogen) atoms. The number of aromatic nitrogens is 2. The van der Waals surface area contributed by atoms with Crippen molar-refractivity contribution in [3.8, 4) is 11.1 Å². The van der Waals surface area contributed by atoms with Gasteiger partial charge in [-0.3, -0.25) is 4.79 Å². The molecular formula is C37H43ClFN7O2S. The summed E-state index contributed by atoms with van der Waals surface area (Å²) in [4.78, 5) is 31.9. The molecule has 0 radical (unpaired) electrons. The summed E-state index contributed by atoms with van der Waals surface area (Å²) < 4.78 is 16.2. The molecule has 0 saturated carbocycles. The van der Waals surface area contributed by atoms with Crippen molar-refractivity contribution in [2.45, 2.75) is 70.0 Å². The van der Waals surface area contributed by atoms with Crippen molar-refractivity contribution in [2.75, 3.05) is 36.8 Å². The van der Waals surface area contributed by atoms with Gasteiger partial charge in [0.1, 0.15) is 5.82 Å². The number of carbonyl (C=O) groups is 2. The van der Waals surface area contributed by atoms with Crippen LogP contribution in [0.15, 0.2) is 48.5 Å². The third-order valence-corrected chi connectivity index (χ3v) is 11.9. The van der Waals surface area contributed by atoms with Gasteiger partial charge in [0.15, 0.2) is 0 Å². The SMILES string of the molecule is Cc1cc2c(nc(N3CCNCC3)n2Cc2ccc(F)c(Cl)c2)c(-c2ccc(CNC(=O)CCCC[C@@H]3SC[C@@H]4NC(=O)N[C@@H]43)cc2)c1C. The summed E-state index contributed by atoms with van der Waals surface area (Å²) in [7, 11) is 0. The zero-order valence-corrected chi connectivity index (χ0v) is 29.5. The Morgan fingerprint density at radius 3 is 2.61 bits per heavy atom. The third-order valence-electron chi connectivity index (χ3n) is 10.1. The quantitative estimate of drug-likeness (QED) is 0.114. The average molecular weight is 704 g/mol. The molecule has 3 aromatic carbocycles. The number of imidazole rings is 1. The maximum atomic E-state index is 14.0. The molecule has 4 aromatic rings. The normalized spacial score (nSPS) is 20.4. The van der Waals surface area contributed by atoms with Crippen molar-refractivity contribution < 1.29 is 14.0 Å². The number of anilines is 1. The first-order chi connectivity index (χ1) is 23.7. The van der Waals surface area contributed by atoms with Gasteiger partial charge in [0.25, 0.3) is 0 Å².